The largest absolute Gasteiger partial charge is 0.443 e. The van der Waals surface area contributed by atoms with Gasteiger partial charge in [-0.25, -0.2) is 19.6 Å². The summed E-state index contributed by atoms with van der Waals surface area (Å²) in [5.41, 5.74) is 2.86. The van der Waals surface area contributed by atoms with Crippen LogP contribution in [-0.4, -0.2) is 79.3 Å². The monoisotopic (exact) mass is 587 g/mol. The smallest absolute Gasteiger partial charge is 0.358 e. The maximum Gasteiger partial charge on any atom is 0.443 e. The third-order valence-electron chi connectivity index (χ3n) is 7.88. The number of anilines is 1. The molecule has 218 valence electrons. The Hall–Kier alpha value is -3.52. The van der Waals surface area contributed by atoms with Crippen molar-refractivity contribution in [1.29, 1.82) is 0 Å². The standard InChI is InChI=1S/C27H32F3N9OS/c1-15-13-37(10-11-38(15)22(40)14-39-17(3)32-16(2)36-39)25-23(35-26(41-25)27(28,29)30)24-33-20-5-4-19(12-21(20)34-24)18-6-8-31-9-7-18/h4-5,12,15,18,31H,6-11,13-14H2,1-3H3,(H,33,34)/t15-/m1/s1. The molecule has 0 saturated carbocycles. The summed E-state index contributed by atoms with van der Waals surface area (Å²) in [6.45, 7) is 8.58. The van der Waals surface area contributed by atoms with E-state index in [0.29, 0.717) is 64.9 Å². The average Bonchev–Trinajstić information content (AvgIpc) is 3.64. The number of nitrogens with one attached hydrogen (secondary N) is 2. The molecule has 0 aliphatic carbocycles. The minimum absolute atomic E-state index is 0.0688. The number of nitrogens with zero attached hydrogens (tertiary/aromatic N) is 7. The summed E-state index contributed by atoms with van der Waals surface area (Å²) in [5, 5.41) is 7.13. The van der Waals surface area contributed by atoms with E-state index in [1.807, 2.05) is 17.9 Å². The van der Waals surface area contributed by atoms with Gasteiger partial charge in [0.1, 0.15) is 28.9 Å². The predicted molar refractivity (Wildman–Crippen MR) is 150 cm³/mol. The van der Waals surface area contributed by atoms with Gasteiger partial charge in [-0.05, 0) is 70.3 Å². The van der Waals surface area contributed by atoms with E-state index in [4.69, 9.17) is 0 Å². The highest BCUT2D eigenvalue weighted by atomic mass is 32.1. The van der Waals surface area contributed by atoms with E-state index in [1.54, 1.807) is 23.4 Å². The Kier molecular flexibility index (Phi) is 7.22. The molecule has 2 aliphatic rings. The Morgan fingerprint density at radius 2 is 1.90 bits per heavy atom. The third kappa shape index (κ3) is 5.54. The summed E-state index contributed by atoms with van der Waals surface area (Å²) in [4.78, 5) is 32.9. The number of alkyl halides is 3. The van der Waals surface area contributed by atoms with E-state index in [9.17, 15) is 18.0 Å². The number of hydrogen-bond acceptors (Lipinski definition) is 8. The molecule has 0 bridgehead atoms. The molecular weight excluding hydrogens is 555 g/mol. The highest BCUT2D eigenvalue weighted by Crippen LogP contribution is 2.43. The molecule has 2 fully saturated rings. The Morgan fingerprint density at radius 1 is 1.12 bits per heavy atom. The van der Waals surface area contributed by atoms with Crippen molar-refractivity contribution in [2.24, 2.45) is 0 Å². The van der Waals surface area contributed by atoms with Crippen molar-refractivity contribution in [1.82, 2.24) is 39.9 Å². The molecule has 1 amide bonds. The number of hydrogen-bond donors (Lipinski definition) is 2. The number of carbonyl (C=O) groups excluding carboxylic acids is 1. The number of imidazole rings is 1. The number of fused-ring (bicyclic) bond motifs is 1. The molecule has 2 aliphatic heterocycles. The molecule has 3 aromatic heterocycles. The summed E-state index contributed by atoms with van der Waals surface area (Å²) < 4.78 is 43.1. The van der Waals surface area contributed by atoms with Crippen LogP contribution in [-0.2, 0) is 17.5 Å². The topological polar surface area (TPSA) is 108 Å². The van der Waals surface area contributed by atoms with Crippen molar-refractivity contribution >= 4 is 33.3 Å². The second kappa shape index (κ2) is 10.7. The fourth-order valence-corrected chi connectivity index (χ4v) is 6.76. The zero-order valence-corrected chi connectivity index (χ0v) is 23.9. The molecule has 6 rings (SSSR count). The normalized spacial score (nSPS) is 18.9. The van der Waals surface area contributed by atoms with Crippen LogP contribution in [0.1, 0.15) is 47.9 Å². The summed E-state index contributed by atoms with van der Waals surface area (Å²) in [7, 11) is 0. The fourth-order valence-electron chi connectivity index (χ4n) is 5.79. The summed E-state index contributed by atoms with van der Waals surface area (Å²) in [6, 6.07) is 5.82. The molecule has 10 nitrogen and oxygen atoms in total. The number of carbonyl (C=O) groups is 1. The molecule has 4 aromatic rings. The van der Waals surface area contributed by atoms with Gasteiger partial charge in [0.25, 0.3) is 0 Å². The lowest BCUT2D eigenvalue weighted by atomic mass is 9.90. The number of piperidine rings is 1. The van der Waals surface area contributed by atoms with E-state index in [2.05, 4.69) is 42.5 Å². The van der Waals surface area contributed by atoms with Gasteiger partial charge in [-0.3, -0.25) is 4.79 Å². The van der Waals surface area contributed by atoms with Gasteiger partial charge in [-0.1, -0.05) is 17.4 Å². The van der Waals surface area contributed by atoms with Crippen LogP contribution in [0.25, 0.3) is 22.6 Å². The number of aromatic amines is 1. The molecule has 0 unspecified atom stereocenters. The van der Waals surface area contributed by atoms with Gasteiger partial charge in [0.15, 0.2) is 5.82 Å². The number of aryl methyl sites for hydroxylation is 2. The molecule has 5 heterocycles. The second-order valence-corrected chi connectivity index (χ2v) is 11.8. The number of halogens is 3. The van der Waals surface area contributed by atoms with Gasteiger partial charge in [-0.2, -0.15) is 18.3 Å². The Balaban J connectivity index is 1.26. The van der Waals surface area contributed by atoms with Crippen LogP contribution in [0.15, 0.2) is 18.2 Å². The Morgan fingerprint density at radius 3 is 2.59 bits per heavy atom. The zero-order valence-electron chi connectivity index (χ0n) is 23.1. The van der Waals surface area contributed by atoms with Crippen molar-refractivity contribution in [3.63, 3.8) is 0 Å². The highest BCUT2D eigenvalue weighted by molar-refractivity contribution is 7.16. The van der Waals surface area contributed by atoms with Gasteiger partial charge >= 0.3 is 6.18 Å². The number of aromatic nitrogens is 6. The fraction of sp³-hybridized carbons (Fsp3) is 0.519. The molecule has 41 heavy (non-hydrogen) atoms. The van der Waals surface area contributed by atoms with Crippen LogP contribution in [0.5, 0.6) is 0 Å². The minimum atomic E-state index is -4.58. The van der Waals surface area contributed by atoms with Gasteiger partial charge in [0, 0.05) is 25.7 Å². The lowest BCUT2D eigenvalue weighted by Gasteiger charge is -2.40. The summed E-state index contributed by atoms with van der Waals surface area (Å²) in [5.74, 6) is 1.90. The number of piperazine rings is 1. The molecular formula is C27H32F3N9OS. The molecule has 14 heteroatoms. The molecule has 0 spiro atoms. The highest BCUT2D eigenvalue weighted by Gasteiger charge is 2.39. The van der Waals surface area contributed by atoms with Gasteiger partial charge in [0.2, 0.25) is 10.9 Å². The van der Waals surface area contributed by atoms with Crippen LogP contribution in [0, 0.1) is 13.8 Å². The lowest BCUT2D eigenvalue weighted by Crippen LogP contribution is -2.54. The maximum absolute atomic E-state index is 13.8. The predicted octanol–water partition coefficient (Wildman–Crippen LogP) is 4.12. The van der Waals surface area contributed by atoms with E-state index >= 15 is 0 Å². The first-order valence-corrected chi connectivity index (χ1v) is 14.6. The van der Waals surface area contributed by atoms with E-state index < -0.39 is 11.2 Å². The van der Waals surface area contributed by atoms with Crippen LogP contribution < -0.4 is 10.2 Å². The Labute approximate surface area is 239 Å². The van der Waals surface area contributed by atoms with E-state index in [1.165, 1.54) is 5.56 Å². The van der Waals surface area contributed by atoms with Gasteiger partial charge < -0.3 is 20.1 Å². The first-order chi connectivity index (χ1) is 19.6. The molecule has 2 saturated heterocycles. The SMILES string of the molecule is Cc1nc(C)n(CC(=O)N2CCN(c3sc(C(F)(F)F)nc3-c3nc4ccc(C5CCNCC5)cc4[nH]3)C[C@H]2C)n1. The van der Waals surface area contributed by atoms with Crippen LogP contribution in [0.2, 0.25) is 0 Å². The van der Waals surface area contributed by atoms with E-state index in [-0.39, 0.29) is 24.2 Å². The molecule has 0 radical (unpaired) electrons. The average molecular weight is 588 g/mol. The zero-order chi connectivity index (χ0) is 28.9. The summed E-state index contributed by atoms with van der Waals surface area (Å²) >= 11 is 0.620. The first-order valence-electron chi connectivity index (χ1n) is 13.8. The van der Waals surface area contributed by atoms with Crippen molar-refractivity contribution in [2.75, 3.05) is 37.6 Å². The molecule has 1 atom stereocenters. The Bertz CT molecular complexity index is 1570. The maximum atomic E-state index is 13.8. The van der Waals surface area contributed by atoms with Gasteiger partial charge in [-0.15, -0.1) is 0 Å². The van der Waals surface area contributed by atoms with Crippen LogP contribution in [0.4, 0.5) is 18.2 Å². The minimum Gasteiger partial charge on any atom is -0.358 e. The van der Waals surface area contributed by atoms with Crippen molar-refractivity contribution < 1.29 is 18.0 Å². The lowest BCUT2D eigenvalue weighted by molar-refractivity contribution is -0.137. The number of rotatable bonds is 5. The first kappa shape index (κ1) is 27.6. The van der Waals surface area contributed by atoms with Crippen molar-refractivity contribution in [3.05, 3.63) is 40.4 Å². The molecule has 2 N–H and O–H groups in total. The van der Waals surface area contributed by atoms with Gasteiger partial charge in [0.05, 0.1) is 11.0 Å². The number of amides is 1. The third-order valence-corrected chi connectivity index (χ3v) is 9.04. The van der Waals surface area contributed by atoms with Crippen LogP contribution >= 0.6 is 11.3 Å². The van der Waals surface area contributed by atoms with Crippen LogP contribution in [0.3, 0.4) is 0 Å². The van der Waals surface area contributed by atoms with E-state index in [0.717, 1.165) is 31.4 Å². The van der Waals surface area contributed by atoms with Crippen molar-refractivity contribution in [3.8, 4) is 11.5 Å². The van der Waals surface area contributed by atoms with Crippen molar-refractivity contribution in [2.45, 2.75) is 58.3 Å². The second-order valence-electron chi connectivity index (χ2n) is 10.8. The number of thiazole rings is 1. The quantitative estimate of drug-likeness (QED) is 0.362. The summed E-state index contributed by atoms with van der Waals surface area (Å²) in [6.07, 6.45) is -2.49. The number of benzene rings is 1. The number of H-pyrrole nitrogens is 1. The molecule has 1 aromatic carbocycles.